The van der Waals surface area contributed by atoms with Crippen molar-refractivity contribution in [1.82, 2.24) is 5.32 Å². The Morgan fingerprint density at radius 2 is 2.33 bits per heavy atom. The average molecular weight is 231 g/mol. The van der Waals surface area contributed by atoms with E-state index in [2.05, 4.69) is 5.32 Å². The zero-order chi connectivity index (χ0) is 11.3. The van der Waals surface area contributed by atoms with Crippen LogP contribution in [0.2, 0.25) is 0 Å². The number of carboxylic acid groups (broad SMARTS) is 1. The first-order valence-electron chi connectivity index (χ1n) is 5.23. The highest BCUT2D eigenvalue weighted by atomic mass is 32.2. The Morgan fingerprint density at radius 1 is 1.60 bits per heavy atom. The van der Waals surface area contributed by atoms with E-state index in [0.717, 1.165) is 17.9 Å². The highest BCUT2D eigenvalue weighted by Gasteiger charge is 2.24. The number of carbonyl (C=O) groups excluding carboxylic acids is 1. The fraction of sp³-hybridized carbons (Fsp3) is 0.800. The lowest BCUT2D eigenvalue weighted by molar-refractivity contribution is -0.141. The van der Waals surface area contributed by atoms with E-state index in [-0.39, 0.29) is 18.4 Å². The molecule has 0 radical (unpaired) electrons. The molecule has 1 heterocycles. The predicted octanol–water partition coefficient (Wildman–Crippen LogP) is 0.967. The zero-order valence-electron chi connectivity index (χ0n) is 8.86. The number of hydrogen-bond donors (Lipinski definition) is 2. The maximum Gasteiger partial charge on any atom is 0.308 e. The third-order valence-electron chi connectivity index (χ3n) is 2.67. The molecule has 1 aliphatic rings. The summed E-state index contributed by atoms with van der Waals surface area (Å²) in [5.74, 6) is 0.715. The molecule has 0 bridgehead atoms. The van der Waals surface area contributed by atoms with E-state index in [9.17, 15) is 9.59 Å². The number of carbonyl (C=O) groups is 2. The van der Waals surface area contributed by atoms with Crippen LogP contribution in [-0.2, 0) is 9.59 Å². The second-order valence-electron chi connectivity index (χ2n) is 3.75. The summed E-state index contributed by atoms with van der Waals surface area (Å²) in [5, 5.41) is 11.5. The normalized spacial score (nSPS) is 22.3. The quantitative estimate of drug-likeness (QED) is 0.740. The Balaban J connectivity index is 2.28. The summed E-state index contributed by atoms with van der Waals surface area (Å²) in [5.41, 5.74) is 0. The van der Waals surface area contributed by atoms with E-state index in [1.54, 1.807) is 11.8 Å². The van der Waals surface area contributed by atoms with Crippen LogP contribution in [0.5, 0.6) is 0 Å². The predicted molar refractivity (Wildman–Crippen MR) is 59.9 cm³/mol. The molecular weight excluding hydrogens is 214 g/mol. The second-order valence-corrected chi connectivity index (χ2v) is 4.90. The lowest BCUT2D eigenvalue weighted by Crippen LogP contribution is -2.36. The van der Waals surface area contributed by atoms with Crippen LogP contribution in [0.25, 0.3) is 0 Å². The van der Waals surface area contributed by atoms with Crippen LogP contribution < -0.4 is 5.32 Å². The van der Waals surface area contributed by atoms with E-state index in [0.29, 0.717) is 6.42 Å². The van der Waals surface area contributed by atoms with Gasteiger partial charge in [-0.25, -0.2) is 0 Å². The topological polar surface area (TPSA) is 66.4 Å². The van der Waals surface area contributed by atoms with Gasteiger partial charge in [0, 0.05) is 18.2 Å². The number of amides is 1. The van der Waals surface area contributed by atoms with E-state index in [4.69, 9.17) is 5.11 Å². The Morgan fingerprint density at radius 3 is 2.80 bits per heavy atom. The van der Waals surface area contributed by atoms with Gasteiger partial charge in [0.25, 0.3) is 0 Å². The van der Waals surface area contributed by atoms with Gasteiger partial charge in [-0.15, -0.1) is 0 Å². The summed E-state index contributed by atoms with van der Waals surface area (Å²) in [4.78, 5) is 22.3. The highest BCUT2D eigenvalue weighted by Crippen LogP contribution is 2.23. The van der Waals surface area contributed by atoms with Gasteiger partial charge in [0.05, 0.1) is 5.92 Å². The lowest BCUT2D eigenvalue weighted by atomic mass is 10.1. The number of nitrogens with one attached hydrogen (secondary N) is 1. The lowest BCUT2D eigenvalue weighted by Gasteiger charge is -2.13. The molecule has 5 heteroatoms. The molecule has 86 valence electrons. The highest BCUT2D eigenvalue weighted by molar-refractivity contribution is 7.99. The smallest absolute Gasteiger partial charge is 0.308 e. The monoisotopic (exact) mass is 231 g/mol. The first kappa shape index (κ1) is 12.4. The number of hydrogen-bond acceptors (Lipinski definition) is 3. The summed E-state index contributed by atoms with van der Waals surface area (Å²) in [7, 11) is 0. The van der Waals surface area contributed by atoms with Crippen LogP contribution in [0.3, 0.4) is 0 Å². The molecule has 0 aromatic carbocycles. The molecule has 2 atom stereocenters. The van der Waals surface area contributed by atoms with Crippen molar-refractivity contribution in [3.05, 3.63) is 0 Å². The number of carboxylic acids is 1. The van der Waals surface area contributed by atoms with Gasteiger partial charge in [-0.05, 0) is 18.6 Å². The number of rotatable bonds is 5. The molecule has 1 saturated heterocycles. The van der Waals surface area contributed by atoms with Crippen molar-refractivity contribution >= 4 is 23.6 Å². The fourth-order valence-corrected chi connectivity index (χ4v) is 2.74. The zero-order valence-corrected chi connectivity index (χ0v) is 9.68. The van der Waals surface area contributed by atoms with Gasteiger partial charge >= 0.3 is 5.97 Å². The molecule has 1 amide bonds. The molecule has 0 aromatic rings. The summed E-state index contributed by atoms with van der Waals surface area (Å²) >= 11 is 1.78. The number of aliphatic carboxylic acids is 1. The molecule has 0 aromatic heterocycles. The molecule has 1 fully saturated rings. The first-order chi connectivity index (χ1) is 7.15. The molecule has 1 aliphatic heterocycles. The van der Waals surface area contributed by atoms with Crippen molar-refractivity contribution in [1.29, 1.82) is 0 Å². The van der Waals surface area contributed by atoms with Crippen LogP contribution in [0.4, 0.5) is 0 Å². The van der Waals surface area contributed by atoms with Crippen molar-refractivity contribution in [2.75, 3.05) is 18.1 Å². The molecule has 0 aliphatic carbocycles. The third kappa shape index (κ3) is 3.74. The van der Waals surface area contributed by atoms with E-state index < -0.39 is 11.9 Å². The van der Waals surface area contributed by atoms with Crippen LogP contribution in [0.15, 0.2) is 0 Å². The van der Waals surface area contributed by atoms with Crippen molar-refractivity contribution in [2.24, 2.45) is 11.8 Å². The van der Waals surface area contributed by atoms with Gasteiger partial charge in [0.1, 0.15) is 0 Å². The Labute approximate surface area is 93.8 Å². The SMILES string of the molecule is CCC(CNC(=O)C1CCSC1)C(=O)O. The summed E-state index contributed by atoms with van der Waals surface area (Å²) in [6.45, 7) is 2.07. The maximum atomic E-state index is 11.6. The van der Waals surface area contributed by atoms with E-state index in [1.807, 2.05) is 6.92 Å². The largest absolute Gasteiger partial charge is 0.481 e. The second kappa shape index (κ2) is 6.00. The van der Waals surface area contributed by atoms with Crippen LogP contribution >= 0.6 is 11.8 Å². The standard InChI is InChI=1S/C10H17NO3S/c1-2-7(10(13)14)5-11-9(12)8-3-4-15-6-8/h7-8H,2-6H2,1H3,(H,11,12)(H,13,14). The molecule has 2 N–H and O–H groups in total. The fourth-order valence-electron chi connectivity index (χ4n) is 1.52. The van der Waals surface area contributed by atoms with Gasteiger partial charge < -0.3 is 10.4 Å². The van der Waals surface area contributed by atoms with E-state index in [1.165, 1.54) is 0 Å². The van der Waals surface area contributed by atoms with Gasteiger partial charge in [-0.1, -0.05) is 6.92 Å². The molecule has 15 heavy (non-hydrogen) atoms. The van der Waals surface area contributed by atoms with Gasteiger partial charge in [-0.2, -0.15) is 11.8 Å². The van der Waals surface area contributed by atoms with Gasteiger partial charge in [-0.3, -0.25) is 9.59 Å². The minimum Gasteiger partial charge on any atom is -0.481 e. The van der Waals surface area contributed by atoms with Crippen molar-refractivity contribution in [3.8, 4) is 0 Å². The molecule has 0 saturated carbocycles. The minimum absolute atomic E-state index is 0.0136. The Hall–Kier alpha value is -0.710. The van der Waals surface area contributed by atoms with Crippen LogP contribution in [-0.4, -0.2) is 35.0 Å². The summed E-state index contributed by atoms with van der Waals surface area (Å²) < 4.78 is 0. The molecule has 0 spiro atoms. The van der Waals surface area contributed by atoms with Crippen LogP contribution in [0.1, 0.15) is 19.8 Å². The Bertz CT molecular complexity index is 239. The van der Waals surface area contributed by atoms with Crippen LogP contribution in [0, 0.1) is 11.8 Å². The van der Waals surface area contributed by atoms with E-state index >= 15 is 0 Å². The van der Waals surface area contributed by atoms with Crippen molar-refractivity contribution < 1.29 is 14.7 Å². The molecule has 2 unspecified atom stereocenters. The average Bonchev–Trinajstić information content (AvgIpc) is 2.70. The van der Waals surface area contributed by atoms with Gasteiger partial charge in [0.15, 0.2) is 0 Å². The molecular formula is C10H17NO3S. The van der Waals surface area contributed by atoms with Crippen molar-refractivity contribution in [3.63, 3.8) is 0 Å². The molecule has 1 rings (SSSR count). The summed E-state index contributed by atoms with van der Waals surface area (Å²) in [6.07, 6.45) is 1.47. The summed E-state index contributed by atoms with van der Waals surface area (Å²) in [6, 6.07) is 0. The molecule has 4 nitrogen and oxygen atoms in total. The Kier molecular flexibility index (Phi) is 4.94. The number of thioether (sulfide) groups is 1. The first-order valence-corrected chi connectivity index (χ1v) is 6.38. The minimum atomic E-state index is -0.835. The maximum absolute atomic E-state index is 11.6. The van der Waals surface area contributed by atoms with Gasteiger partial charge in [0.2, 0.25) is 5.91 Å². The van der Waals surface area contributed by atoms with Crippen molar-refractivity contribution in [2.45, 2.75) is 19.8 Å². The third-order valence-corrected chi connectivity index (χ3v) is 3.83.